The molecule has 19 heavy (non-hydrogen) atoms. The van der Waals surface area contributed by atoms with Crippen molar-refractivity contribution in [2.45, 2.75) is 26.3 Å². The molecule has 2 aromatic heterocycles. The molecule has 0 unspecified atom stereocenters. The van der Waals surface area contributed by atoms with Gasteiger partial charge in [-0.25, -0.2) is 9.97 Å². The molecule has 0 bridgehead atoms. The van der Waals surface area contributed by atoms with E-state index in [9.17, 15) is 4.79 Å². The third kappa shape index (κ3) is 2.52. The van der Waals surface area contributed by atoms with Crippen LogP contribution in [-0.2, 0) is 13.0 Å². The zero-order chi connectivity index (χ0) is 13.2. The highest BCUT2D eigenvalue weighted by atomic mass is 16.1. The lowest BCUT2D eigenvalue weighted by atomic mass is 9.98. The molecule has 0 aliphatic carbocycles. The van der Waals surface area contributed by atoms with Gasteiger partial charge in [-0.2, -0.15) is 0 Å². The fourth-order valence-electron chi connectivity index (χ4n) is 2.46. The van der Waals surface area contributed by atoms with E-state index in [-0.39, 0.29) is 5.91 Å². The summed E-state index contributed by atoms with van der Waals surface area (Å²) in [6, 6.07) is 0. The number of carbonyl (C=O) groups is 1. The molecule has 1 atom stereocenters. The second kappa shape index (κ2) is 4.87. The van der Waals surface area contributed by atoms with Crippen molar-refractivity contribution in [3.8, 4) is 0 Å². The van der Waals surface area contributed by atoms with Gasteiger partial charge in [0, 0.05) is 31.9 Å². The second-order valence-electron chi connectivity index (χ2n) is 4.99. The van der Waals surface area contributed by atoms with E-state index in [1.54, 1.807) is 6.20 Å². The van der Waals surface area contributed by atoms with Crippen LogP contribution in [0.3, 0.4) is 0 Å². The predicted molar refractivity (Wildman–Crippen MR) is 69.7 cm³/mol. The lowest BCUT2D eigenvalue weighted by molar-refractivity contribution is 0.0940. The summed E-state index contributed by atoms with van der Waals surface area (Å²) in [6.07, 6.45) is 7.42. The van der Waals surface area contributed by atoms with Crippen LogP contribution in [-0.4, -0.2) is 32.0 Å². The number of amides is 1. The number of imidazole rings is 2. The average Bonchev–Trinajstić information content (AvgIpc) is 3.03. The van der Waals surface area contributed by atoms with E-state index in [2.05, 4.69) is 24.8 Å². The van der Waals surface area contributed by atoms with Gasteiger partial charge in [0.25, 0.3) is 5.91 Å². The Kier molecular flexibility index (Phi) is 3.06. The zero-order valence-corrected chi connectivity index (χ0v) is 10.9. The van der Waals surface area contributed by atoms with Gasteiger partial charge in [-0.1, -0.05) is 0 Å². The van der Waals surface area contributed by atoms with Gasteiger partial charge in [-0.05, 0) is 19.3 Å². The number of nitrogens with zero attached hydrogens (tertiary/aromatic N) is 3. The van der Waals surface area contributed by atoms with Gasteiger partial charge in [0.05, 0.1) is 6.20 Å². The highest BCUT2D eigenvalue weighted by Crippen LogP contribution is 2.18. The van der Waals surface area contributed by atoms with Crippen LogP contribution in [0.25, 0.3) is 0 Å². The van der Waals surface area contributed by atoms with Crippen molar-refractivity contribution in [3.63, 3.8) is 0 Å². The molecule has 1 aliphatic heterocycles. The number of nitrogens with one attached hydrogen (secondary N) is 2. The summed E-state index contributed by atoms with van der Waals surface area (Å²) in [5.74, 6) is 2.24. The van der Waals surface area contributed by atoms with Crippen molar-refractivity contribution in [1.82, 2.24) is 24.8 Å². The zero-order valence-electron chi connectivity index (χ0n) is 10.9. The predicted octanol–water partition coefficient (Wildman–Crippen LogP) is 0.907. The smallest absolute Gasteiger partial charge is 0.269 e. The van der Waals surface area contributed by atoms with Crippen LogP contribution in [0, 0.1) is 12.8 Å². The van der Waals surface area contributed by atoms with E-state index < -0.39 is 0 Å². The number of aromatic amines is 1. The van der Waals surface area contributed by atoms with Crippen molar-refractivity contribution in [3.05, 3.63) is 35.9 Å². The van der Waals surface area contributed by atoms with Crippen molar-refractivity contribution >= 4 is 5.91 Å². The number of carbonyl (C=O) groups excluding carboxylic acids is 1. The maximum Gasteiger partial charge on any atom is 0.269 e. The molecule has 2 N–H and O–H groups in total. The van der Waals surface area contributed by atoms with Gasteiger partial charge < -0.3 is 14.9 Å². The van der Waals surface area contributed by atoms with Crippen molar-refractivity contribution in [1.29, 1.82) is 0 Å². The Morgan fingerprint density at radius 1 is 1.58 bits per heavy atom. The van der Waals surface area contributed by atoms with Gasteiger partial charge in [0.1, 0.15) is 17.3 Å². The van der Waals surface area contributed by atoms with Gasteiger partial charge in [0.2, 0.25) is 0 Å². The summed E-state index contributed by atoms with van der Waals surface area (Å²) in [5.41, 5.74) is 0.523. The number of aromatic nitrogens is 4. The first-order chi connectivity index (χ1) is 9.22. The first kappa shape index (κ1) is 12.0. The Hall–Kier alpha value is -2.11. The summed E-state index contributed by atoms with van der Waals surface area (Å²) in [5, 5.41) is 2.96. The van der Waals surface area contributed by atoms with E-state index >= 15 is 0 Å². The molecular weight excluding hydrogens is 242 g/mol. The molecule has 0 fully saturated rings. The standard InChI is InChI=1S/C13H17N5O/c1-9-15-8-11(17-9)13(19)16-7-10-2-4-18-5-3-14-12(18)6-10/h3,5,8,10H,2,4,6-7H2,1H3,(H,15,17)(H,16,19)/t10-/m1/s1. The number of aryl methyl sites for hydroxylation is 2. The second-order valence-corrected chi connectivity index (χ2v) is 4.99. The lowest BCUT2D eigenvalue weighted by Gasteiger charge is -2.23. The molecule has 1 aliphatic rings. The van der Waals surface area contributed by atoms with Crippen LogP contribution >= 0.6 is 0 Å². The molecule has 0 aromatic carbocycles. The molecule has 6 heteroatoms. The fourth-order valence-corrected chi connectivity index (χ4v) is 2.46. The number of H-pyrrole nitrogens is 1. The van der Waals surface area contributed by atoms with Crippen molar-refractivity contribution in [2.75, 3.05) is 6.54 Å². The first-order valence-electron chi connectivity index (χ1n) is 6.52. The summed E-state index contributed by atoms with van der Waals surface area (Å²) in [7, 11) is 0. The molecule has 0 saturated carbocycles. The van der Waals surface area contributed by atoms with Gasteiger partial charge >= 0.3 is 0 Å². The van der Waals surface area contributed by atoms with E-state index in [0.717, 1.165) is 31.0 Å². The Balaban J connectivity index is 1.55. The summed E-state index contributed by atoms with van der Waals surface area (Å²) in [6.45, 7) is 3.50. The number of hydrogen-bond donors (Lipinski definition) is 2. The number of rotatable bonds is 3. The molecule has 3 heterocycles. The minimum Gasteiger partial charge on any atom is -0.350 e. The molecule has 0 saturated heterocycles. The van der Waals surface area contributed by atoms with Crippen LogP contribution in [0.5, 0.6) is 0 Å². The van der Waals surface area contributed by atoms with Crippen LogP contribution in [0.2, 0.25) is 0 Å². The molecule has 6 nitrogen and oxygen atoms in total. The van der Waals surface area contributed by atoms with Crippen molar-refractivity contribution < 1.29 is 4.79 Å². The van der Waals surface area contributed by atoms with Crippen LogP contribution in [0.4, 0.5) is 0 Å². The number of fused-ring (bicyclic) bond motifs is 1. The van der Waals surface area contributed by atoms with Crippen LogP contribution < -0.4 is 5.32 Å². The highest BCUT2D eigenvalue weighted by molar-refractivity contribution is 5.92. The maximum absolute atomic E-state index is 11.9. The van der Waals surface area contributed by atoms with Gasteiger partial charge in [-0.15, -0.1) is 0 Å². The first-order valence-corrected chi connectivity index (χ1v) is 6.52. The van der Waals surface area contributed by atoms with Gasteiger partial charge in [0.15, 0.2) is 0 Å². The Labute approximate surface area is 111 Å². The Morgan fingerprint density at radius 2 is 2.47 bits per heavy atom. The van der Waals surface area contributed by atoms with E-state index in [4.69, 9.17) is 0 Å². The van der Waals surface area contributed by atoms with Crippen LogP contribution in [0.1, 0.15) is 28.6 Å². The average molecular weight is 259 g/mol. The monoisotopic (exact) mass is 259 g/mol. The topological polar surface area (TPSA) is 75.6 Å². The molecule has 0 spiro atoms. The third-order valence-electron chi connectivity index (χ3n) is 3.55. The van der Waals surface area contributed by atoms with E-state index in [0.29, 0.717) is 18.2 Å². The van der Waals surface area contributed by atoms with Crippen molar-refractivity contribution in [2.24, 2.45) is 5.92 Å². The Bertz CT molecular complexity index is 585. The molecule has 2 aromatic rings. The van der Waals surface area contributed by atoms with E-state index in [1.807, 2.05) is 19.3 Å². The Morgan fingerprint density at radius 3 is 3.26 bits per heavy atom. The van der Waals surface area contributed by atoms with Gasteiger partial charge in [-0.3, -0.25) is 4.79 Å². The molecule has 1 amide bonds. The SMILES string of the molecule is Cc1ncc(C(=O)NC[C@@H]2CCn3ccnc3C2)[nH]1. The molecule has 0 radical (unpaired) electrons. The summed E-state index contributed by atoms with van der Waals surface area (Å²) in [4.78, 5) is 23.2. The maximum atomic E-state index is 11.9. The lowest BCUT2D eigenvalue weighted by Crippen LogP contribution is -2.33. The molecule has 3 rings (SSSR count). The molecule has 100 valence electrons. The fraction of sp³-hybridized carbons (Fsp3) is 0.462. The number of hydrogen-bond acceptors (Lipinski definition) is 3. The third-order valence-corrected chi connectivity index (χ3v) is 3.55. The van der Waals surface area contributed by atoms with E-state index in [1.165, 1.54) is 0 Å². The normalized spacial score (nSPS) is 18.1. The largest absolute Gasteiger partial charge is 0.350 e. The minimum atomic E-state index is -0.0884. The summed E-state index contributed by atoms with van der Waals surface area (Å²) < 4.78 is 2.18. The summed E-state index contributed by atoms with van der Waals surface area (Å²) >= 11 is 0. The molecular formula is C13H17N5O. The quantitative estimate of drug-likeness (QED) is 0.860. The minimum absolute atomic E-state index is 0.0884. The van der Waals surface area contributed by atoms with Crippen LogP contribution in [0.15, 0.2) is 18.6 Å². The highest BCUT2D eigenvalue weighted by Gasteiger charge is 2.20.